The lowest BCUT2D eigenvalue weighted by Gasteiger charge is -2.12. The Labute approximate surface area is 196 Å². The molecule has 0 amide bonds. The number of aromatic nitrogens is 2. The highest BCUT2D eigenvalue weighted by molar-refractivity contribution is 6.30. The Morgan fingerprint density at radius 1 is 0.938 bits per heavy atom. The molecule has 32 heavy (non-hydrogen) atoms. The molecule has 0 aliphatic carbocycles. The van der Waals surface area contributed by atoms with Gasteiger partial charge in [-0.05, 0) is 72.7 Å². The van der Waals surface area contributed by atoms with E-state index >= 15 is 0 Å². The normalized spacial score (nSPS) is 12.2. The van der Waals surface area contributed by atoms with Crippen LogP contribution in [-0.2, 0) is 13.0 Å². The summed E-state index contributed by atoms with van der Waals surface area (Å²) in [6.07, 6.45) is 3.99. The Morgan fingerprint density at radius 2 is 1.69 bits per heavy atom. The third kappa shape index (κ3) is 5.52. The Kier molecular flexibility index (Phi) is 7.49. The van der Waals surface area contributed by atoms with Gasteiger partial charge in [0, 0.05) is 18.0 Å². The van der Waals surface area contributed by atoms with Gasteiger partial charge in [-0.25, -0.2) is 4.98 Å². The van der Waals surface area contributed by atoms with Crippen molar-refractivity contribution in [2.75, 3.05) is 6.61 Å². The summed E-state index contributed by atoms with van der Waals surface area (Å²) in [4.78, 5) is 4.90. The number of hydrogen-bond donors (Lipinski definition) is 0. The predicted octanol–water partition coefficient (Wildman–Crippen LogP) is 7.65. The molecule has 1 heterocycles. The lowest BCUT2D eigenvalue weighted by atomic mass is 9.99. The molecule has 1 unspecified atom stereocenters. The van der Waals surface area contributed by atoms with Gasteiger partial charge in [-0.3, -0.25) is 0 Å². The number of imidazole rings is 1. The number of aryl methyl sites for hydroxylation is 1. The summed E-state index contributed by atoms with van der Waals surface area (Å²) in [5, 5.41) is 0.761. The molecule has 1 aromatic heterocycles. The number of benzene rings is 3. The van der Waals surface area contributed by atoms with Gasteiger partial charge in [-0.15, -0.1) is 0 Å². The van der Waals surface area contributed by atoms with Crippen LogP contribution < -0.4 is 4.74 Å². The molecule has 3 nitrogen and oxygen atoms in total. The van der Waals surface area contributed by atoms with E-state index in [1.54, 1.807) is 0 Å². The van der Waals surface area contributed by atoms with Gasteiger partial charge in [0.15, 0.2) is 0 Å². The highest BCUT2D eigenvalue weighted by atomic mass is 35.5. The molecular weight excluding hydrogens is 416 g/mol. The molecule has 1 atom stereocenters. The molecule has 0 aliphatic rings. The molecule has 0 aliphatic heterocycles. The molecule has 0 bridgehead atoms. The molecule has 4 aromatic rings. The summed E-state index contributed by atoms with van der Waals surface area (Å²) in [6, 6.07) is 25.0. The van der Waals surface area contributed by atoms with E-state index in [2.05, 4.69) is 73.0 Å². The van der Waals surface area contributed by atoms with Crippen LogP contribution in [0.2, 0.25) is 5.02 Å². The maximum absolute atomic E-state index is 6.05. The minimum atomic E-state index is 0.594. The third-order valence-corrected chi connectivity index (χ3v) is 6.37. The van der Waals surface area contributed by atoms with Crippen molar-refractivity contribution in [3.05, 3.63) is 94.8 Å². The molecule has 0 radical (unpaired) electrons. The second kappa shape index (κ2) is 10.7. The SMILES string of the molecule is CCC(C)c1ccc(OCCCCn2c(Cc3ccc(Cl)cc3)nc3ccccc32)cc1. The zero-order chi connectivity index (χ0) is 22.3. The minimum absolute atomic E-state index is 0.594. The van der Waals surface area contributed by atoms with E-state index in [0.717, 1.165) is 60.9 Å². The van der Waals surface area contributed by atoms with Crippen molar-refractivity contribution in [3.63, 3.8) is 0 Å². The van der Waals surface area contributed by atoms with E-state index in [1.165, 1.54) is 16.6 Å². The van der Waals surface area contributed by atoms with Crippen LogP contribution in [0.1, 0.15) is 56.0 Å². The van der Waals surface area contributed by atoms with E-state index in [0.29, 0.717) is 5.92 Å². The van der Waals surface area contributed by atoms with E-state index in [1.807, 2.05) is 18.2 Å². The highest BCUT2D eigenvalue weighted by Gasteiger charge is 2.11. The summed E-state index contributed by atoms with van der Waals surface area (Å²) in [5.74, 6) is 2.64. The van der Waals surface area contributed by atoms with Gasteiger partial charge in [-0.2, -0.15) is 0 Å². The fraction of sp³-hybridized carbons (Fsp3) is 0.321. The number of fused-ring (bicyclic) bond motifs is 1. The summed E-state index contributed by atoms with van der Waals surface area (Å²) in [5.41, 5.74) is 4.84. The average Bonchev–Trinajstić information content (AvgIpc) is 3.17. The topological polar surface area (TPSA) is 27.1 Å². The van der Waals surface area contributed by atoms with Crippen LogP contribution in [0.3, 0.4) is 0 Å². The van der Waals surface area contributed by atoms with Crippen molar-refractivity contribution in [1.82, 2.24) is 9.55 Å². The quantitative estimate of drug-likeness (QED) is 0.234. The first-order valence-electron chi connectivity index (χ1n) is 11.6. The van der Waals surface area contributed by atoms with Gasteiger partial charge in [0.25, 0.3) is 0 Å². The number of nitrogens with zero attached hydrogens (tertiary/aromatic N) is 2. The molecule has 0 saturated carbocycles. The lowest BCUT2D eigenvalue weighted by molar-refractivity contribution is 0.303. The number of hydrogen-bond acceptors (Lipinski definition) is 2. The molecule has 166 valence electrons. The molecule has 0 fully saturated rings. The lowest BCUT2D eigenvalue weighted by Crippen LogP contribution is -2.07. The summed E-state index contributed by atoms with van der Waals surface area (Å²) in [6.45, 7) is 6.14. The second-order valence-electron chi connectivity index (χ2n) is 8.41. The Morgan fingerprint density at radius 3 is 2.44 bits per heavy atom. The van der Waals surface area contributed by atoms with Crippen molar-refractivity contribution >= 4 is 22.6 Å². The molecular formula is C28H31ClN2O. The molecule has 0 spiro atoms. The maximum atomic E-state index is 6.05. The molecule has 0 saturated heterocycles. The number of para-hydroxylation sites is 2. The molecule has 3 aromatic carbocycles. The van der Waals surface area contributed by atoms with E-state index in [4.69, 9.17) is 21.3 Å². The van der Waals surface area contributed by atoms with Gasteiger partial charge >= 0.3 is 0 Å². The van der Waals surface area contributed by atoms with Crippen molar-refractivity contribution in [2.45, 2.75) is 52.0 Å². The van der Waals surface area contributed by atoms with Crippen molar-refractivity contribution < 1.29 is 4.74 Å². The average molecular weight is 447 g/mol. The van der Waals surface area contributed by atoms with E-state index in [9.17, 15) is 0 Å². The van der Waals surface area contributed by atoms with Crippen LogP contribution in [0, 0.1) is 0 Å². The van der Waals surface area contributed by atoms with Gasteiger partial charge < -0.3 is 9.30 Å². The first-order chi connectivity index (χ1) is 15.6. The van der Waals surface area contributed by atoms with E-state index in [-0.39, 0.29) is 0 Å². The van der Waals surface area contributed by atoms with Gasteiger partial charge in [0.05, 0.1) is 17.6 Å². The van der Waals surface area contributed by atoms with Crippen molar-refractivity contribution in [2.24, 2.45) is 0 Å². The maximum Gasteiger partial charge on any atom is 0.119 e. The third-order valence-electron chi connectivity index (χ3n) is 6.12. The smallest absolute Gasteiger partial charge is 0.119 e. The zero-order valence-corrected chi connectivity index (χ0v) is 19.7. The van der Waals surface area contributed by atoms with Crippen LogP contribution in [0.25, 0.3) is 11.0 Å². The Hall–Kier alpha value is -2.78. The number of rotatable bonds is 10. The number of halogens is 1. The van der Waals surface area contributed by atoms with Crippen molar-refractivity contribution in [3.8, 4) is 5.75 Å². The van der Waals surface area contributed by atoms with Crippen molar-refractivity contribution in [1.29, 1.82) is 0 Å². The van der Waals surface area contributed by atoms with Gasteiger partial charge in [0.1, 0.15) is 11.6 Å². The Balaban J connectivity index is 1.36. The standard InChI is InChI=1S/C28H31ClN2O/c1-3-21(2)23-12-16-25(17-13-23)32-19-7-6-18-31-27-9-5-4-8-26(27)30-28(31)20-22-10-14-24(29)15-11-22/h4-5,8-17,21H,3,6-7,18-20H2,1-2H3. The highest BCUT2D eigenvalue weighted by Crippen LogP contribution is 2.22. The monoisotopic (exact) mass is 446 g/mol. The predicted molar refractivity (Wildman–Crippen MR) is 134 cm³/mol. The summed E-state index contributed by atoms with van der Waals surface area (Å²) < 4.78 is 8.33. The van der Waals surface area contributed by atoms with Crippen LogP contribution in [0.15, 0.2) is 72.8 Å². The molecule has 0 N–H and O–H groups in total. The summed E-state index contributed by atoms with van der Waals surface area (Å²) in [7, 11) is 0. The van der Waals surface area contributed by atoms with Crippen LogP contribution >= 0.6 is 11.6 Å². The first-order valence-corrected chi connectivity index (χ1v) is 11.9. The minimum Gasteiger partial charge on any atom is -0.494 e. The molecule has 4 heteroatoms. The fourth-order valence-electron chi connectivity index (χ4n) is 3.98. The number of ether oxygens (including phenoxy) is 1. The number of unbranched alkanes of at least 4 members (excludes halogenated alkanes) is 1. The Bertz CT molecular complexity index is 1130. The van der Waals surface area contributed by atoms with Gasteiger partial charge in [-0.1, -0.05) is 61.8 Å². The summed E-state index contributed by atoms with van der Waals surface area (Å²) >= 11 is 6.05. The fourth-order valence-corrected chi connectivity index (χ4v) is 4.11. The van der Waals surface area contributed by atoms with Crippen LogP contribution in [0.4, 0.5) is 0 Å². The largest absolute Gasteiger partial charge is 0.494 e. The molecule has 4 rings (SSSR count). The van der Waals surface area contributed by atoms with Gasteiger partial charge in [0.2, 0.25) is 0 Å². The first kappa shape index (κ1) is 22.4. The van der Waals surface area contributed by atoms with E-state index < -0.39 is 0 Å². The van der Waals surface area contributed by atoms with Crippen LogP contribution in [0.5, 0.6) is 5.75 Å². The van der Waals surface area contributed by atoms with Crippen LogP contribution in [-0.4, -0.2) is 16.2 Å². The second-order valence-corrected chi connectivity index (χ2v) is 8.84. The zero-order valence-electron chi connectivity index (χ0n) is 18.9.